The highest BCUT2D eigenvalue weighted by Gasteiger charge is 2.15. The van der Waals surface area contributed by atoms with E-state index in [0.717, 1.165) is 13.1 Å². The molecule has 1 aliphatic heterocycles. The molecule has 1 aliphatic rings. The minimum Gasteiger partial charge on any atom is -0.329 e. The van der Waals surface area contributed by atoms with Crippen molar-refractivity contribution >= 4 is 18.3 Å². The molecule has 11 heavy (non-hydrogen) atoms. The number of nitrogens with zero attached hydrogens (tertiary/aromatic N) is 1. The van der Waals surface area contributed by atoms with E-state index < -0.39 is 0 Å². The third-order valence-corrected chi connectivity index (χ3v) is 1.47. The van der Waals surface area contributed by atoms with Gasteiger partial charge in [0.25, 0.3) is 0 Å². The summed E-state index contributed by atoms with van der Waals surface area (Å²) in [7, 11) is 0. The van der Waals surface area contributed by atoms with Crippen molar-refractivity contribution in [2.24, 2.45) is 0 Å². The Morgan fingerprint density at radius 1 is 1.73 bits per heavy atom. The average molecular weight is 175 g/mol. The van der Waals surface area contributed by atoms with E-state index >= 15 is 0 Å². The Balaban J connectivity index is 0.000001000. The van der Waals surface area contributed by atoms with Gasteiger partial charge in [-0.3, -0.25) is 4.79 Å². The number of halogens is 1. The molecule has 0 aromatic heterocycles. The predicted molar refractivity (Wildman–Crippen MR) is 45.5 cm³/mol. The second-order valence-corrected chi connectivity index (χ2v) is 2.20. The van der Waals surface area contributed by atoms with Gasteiger partial charge in [0, 0.05) is 13.1 Å². The molecule has 0 radical (unpaired) electrons. The lowest BCUT2D eigenvalue weighted by Gasteiger charge is -2.24. The highest BCUT2D eigenvalue weighted by Crippen LogP contribution is 1.91. The van der Waals surface area contributed by atoms with Crippen molar-refractivity contribution in [1.29, 1.82) is 0 Å². The largest absolute Gasteiger partial charge is 0.329 e. The maximum Gasteiger partial charge on any atom is 0.237 e. The van der Waals surface area contributed by atoms with Crippen LogP contribution in [0.1, 0.15) is 0 Å². The van der Waals surface area contributed by atoms with Gasteiger partial charge in [-0.2, -0.15) is 0 Å². The van der Waals surface area contributed by atoms with Gasteiger partial charge in [0.2, 0.25) is 5.91 Å². The first-order valence-corrected chi connectivity index (χ1v) is 3.26. The molecule has 0 unspecified atom stereocenters. The van der Waals surface area contributed by atoms with Crippen molar-refractivity contribution in [1.82, 2.24) is 10.2 Å². The van der Waals surface area contributed by atoms with Crippen molar-refractivity contribution < 1.29 is 4.79 Å². The lowest BCUT2D eigenvalue weighted by atomic mass is 10.3. The molecular weight excluding hydrogens is 164 g/mol. The standard InChI is InChI=1S/C7H10N2O.ClH/c1-2-4-9-5-3-8-6-7(9)10;/h1,8H,3-6H2;1H. The molecule has 0 aliphatic carbocycles. The van der Waals surface area contributed by atoms with Crippen molar-refractivity contribution in [3.05, 3.63) is 0 Å². The molecule has 0 aromatic rings. The first kappa shape index (κ1) is 10.3. The van der Waals surface area contributed by atoms with Gasteiger partial charge in [-0.25, -0.2) is 0 Å². The lowest BCUT2D eigenvalue weighted by molar-refractivity contribution is -0.131. The van der Waals surface area contributed by atoms with Gasteiger partial charge >= 0.3 is 0 Å². The summed E-state index contributed by atoms with van der Waals surface area (Å²) in [5, 5.41) is 2.96. The van der Waals surface area contributed by atoms with Crippen LogP contribution in [0.25, 0.3) is 0 Å². The smallest absolute Gasteiger partial charge is 0.237 e. The van der Waals surface area contributed by atoms with E-state index in [4.69, 9.17) is 6.42 Å². The summed E-state index contributed by atoms with van der Waals surface area (Å²) >= 11 is 0. The number of carbonyl (C=O) groups excluding carboxylic acids is 1. The molecule has 4 heteroatoms. The third-order valence-electron chi connectivity index (χ3n) is 1.47. The average Bonchev–Trinajstić information content (AvgIpc) is 1.94. The Morgan fingerprint density at radius 3 is 3.00 bits per heavy atom. The molecule has 1 saturated heterocycles. The normalized spacial score (nSPS) is 17.0. The first-order valence-electron chi connectivity index (χ1n) is 3.26. The van der Waals surface area contributed by atoms with E-state index in [2.05, 4.69) is 11.2 Å². The maximum atomic E-state index is 11.0. The zero-order valence-electron chi connectivity index (χ0n) is 6.17. The first-order chi connectivity index (χ1) is 4.84. The number of hydrogen-bond donors (Lipinski definition) is 1. The second kappa shape index (κ2) is 5.00. The number of amides is 1. The number of terminal acetylenes is 1. The highest BCUT2D eigenvalue weighted by molar-refractivity contribution is 5.85. The van der Waals surface area contributed by atoms with Crippen LogP contribution < -0.4 is 5.32 Å². The summed E-state index contributed by atoms with van der Waals surface area (Å²) in [5.41, 5.74) is 0. The number of carbonyl (C=O) groups is 1. The molecule has 3 nitrogen and oxygen atoms in total. The van der Waals surface area contributed by atoms with Gasteiger partial charge in [0.1, 0.15) is 0 Å². The monoisotopic (exact) mass is 174 g/mol. The van der Waals surface area contributed by atoms with Crippen LogP contribution >= 0.6 is 12.4 Å². The van der Waals surface area contributed by atoms with Crippen LogP contribution in [0, 0.1) is 12.3 Å². The van der Waals surface area contributed by atoms with Crippen LogP contribution in [0.4, 0.5) is 0 Å². The summed E-state index contributed by atoms with van der Waals surface area (Å²) in [6.45, 7) is 2.47. The van der Waals surface area contributed by atoms with Gasteiger partial charge < -0.3 is 10.2 Å². The molecular formula is C7H11ClN2O. The van der Waals surface area contributed by atoms with Crippen molar-refractivity contribution in [2.75, 3.05) is 26.2 Å². The zero-order valence-corrected chi connectivity index (χ0v) is 6.99. The maximum absolute atomic E-state index is 11.0. The number of piperazine rings is 1. The van der Waals surface area contributed by atoms with Gasteiger partial charge in [0.05, 0.1) is 13.1 Å². The minimum absolute atomic E-state index is 0. The molecule has 0 bridgehead atoms. The van der Waals surface area contributed by atoms with Gasteiger partial charge in [-0.05, 0) is 0 Å². The van der Waals surface area contributed by atoms with Gasteiger partial charge in [-0.1, -0.05) is 5.92 Å². The van der Waals surface area contributed by atoms with Crippen molar-refractivity contribution in [2.45, 2.75) is 0 Å². The van der Waals surface area contributed by atoms with E-state index in [-0.39, 0.29) is 18.3 Å². The third kappa shape index (κ3) is 2.79. The molecule has 1 rings (SSSR count). The fourth-order valence-electron chi connectivity index (χ4n) is 0.923. The van der Waals surface area contributed by atoms with E-state index in [0.29, 0.717) is 13.1 Å². The number of nitrogens with one attached hydrogen (secondary N) is 1. The van der Waals surface area contributed by atoms with Crippen LogP contribution in [0.5, 0.6) is 0 Å². The Morgan fingerprint density at radius 2 is 2.45 bits per heavy atom. The summed E-state index contributed by atoms with van der Waals surface area (Å²) in [6.07, 6.45) is 5.06. The molecule has 62 valence electrons. The van der Waals surface area contributed by atoms with Gasteiger partial charge in [-0.15, -0.1) is 18.8 Å². The Bertz CT molecular complexity index is 176. The quantitative estimate of drug-likeness (QED) is 0.543. The number of rotatable bonds is 1. The van der Waals surface area contributed by atoms with Crippen molar-refractivity contribution in [3.63, 3.8) is 0 Å². The van der Waals surface area contributed by atoms with Crippen LogP contribution in [-0.2, 0) is 4.79 Å². The molecule has 1 heterocycles. The molecule has 1 fully saturated rings. The van der Waals surface area contributed by atoms with E-state index in [1.807, 2.05) is 0 Å². The predicted octanol–water partition coefficient (Wildman–Crippen LogP) is -0.527. The Kier molecular flexibility index (Phi) is 4.67. The zero-order chi connectivity index (χ0) is 7.40. The molecule has 0 aromatic carbocycles. The molecule has 1 N–H and O–H groups in total. The van der Waals surface area contributed by atoms with Crippen LogP contribution in [0.15, 0.2) is 0 Å². The van der Waals surface area contributed by atoms with Crippen LogP contribution in [0.2, 0.25) is 0 Å². The van der Waals surface area contributed by atoms with E-state index in [9.17, 15) is 4.79 Å². The van der Waals surface area contributed by atoms with Crippen LogP contribution in [0.3, 0.4) is 0 Å². The van der Waals surface area contributed by atoms with Crippen LogP contribution in [-0.4, -0.2) is 37.0 Å². The highest BCUT2D eigenvalue weighted by atomic mass is 35.5. The fourth-order valence-corrected chi connectivity index (χ4v) is 0.923. The molecule has 0 atom stereocenters. The van der Waals surface area contributed by atoms with Gasteiger partial charge in [0.15, 0.2) is 0 Å². The lowest BCUT2D eigenvalue weighted by Crippen LogP contribution is -2.47. The summed E-state index contributed by atoms with van der Waals surface area (Å²) in [6, 6.07) is 0. The number of hydrogen-bond acceptors (Lipinski definition) is 2. The molecule has 0 saturated carbocycles. The molecule has 1 amide bonds. The molecule has 0 spiro atoms. The fraction of sp³-hybridized carbons (Fsp3) is 0.571. The SMILES string of the molecule is C#CCN1CCNCC1=O.Cl. The van der Waals surface area contributed by atoms with Crippen molar-refractivity contribution in [3.8, 4) is 12.3 Å². The minimum atomic E-state index is 0. The topological polar surface area (TPSA) is 32.3 Å². The summed E-state index contributed by atoms with van der Waals surface area (Å²) in [5.74, 6) is 2.55. The van der Waals surface area contributed by atoms with E-state index in [1.54, 1.807) is 4.90 Å². The Labute approximate surface area is 72.5 Å². The summed E-state index contributed by atoms with van der Waals surface area (Å²) < 4.78 is 0. The van der Waals surface area contributed by atoms with E-state index in [1.165, 1.54) is 0 Å². The second-order valence-electron chi connectivity index (χ2n) is 2.20. The Hall–Kier alpha value is -0.720. The summed E-state index contributed by atoms with van der Waals surface area (Å²) in [4.78, 5) is 12.6.